The monoisotopic (exact) mass is 289 g/mol. The molecule has 0 aliphatic carbocycles. The summed E-state index contributed by atoms with van der Waals surface area (Å²) in [6, 6.07) is 8.35. The molecule has 1 atom stereocenters. The Hall–Kier alpha value is -1.55. The van der Waals surface area contributed by atoms with Crippen LogP contribution in [0, 0.1) is 11.3 Å². The number of rotatable bonds is 7. The average molecular weight is 289 g/mol. The zero-order valence-electron chi connectivity index (χ0n) is 13.1. The van der Waals surface area contributed by atoms with Crippen LogP contribution in [0.2, 0.25) is 0 Å². The molecule has 0 amide bonds. The molecule has 116 valence electrons. The number of hydrogen-bond acceptors (Lipinski definition) is 3. The van der Waals surface area contributed by atoms with E-state index in [2.05, 4.69) is 36.9 Å². The molecule has 21 heavy (non-hydrogen) atoms. The Kier molecular flexibility index (Phi) is 5.62. The van der Waals surface area contributed by atoms with Crippen molar-refractivity contribution >= 4 is 5.84 Å². The zero-order valence-corrected chi connectivity index (χ0v) is 13.1. The molecule has 1 aliphatic heterocycles. The number of nitrogens with zero attached hydrogens (tertiary/aromatic N) is 1. The van der Waals surface area contributed by atoms with Gasteiger partial charge in [0.25, 0.3) is 0 Å². The van der Waals surface area contributed by atoms with E-state index >= 15 is 0 Å². The number of nitrogens with one attached hydrogen (secondary N) is 1. The maximum Gasteiger partial charge on any atom is 0.122 e. The third kappa shape index (κ3) is 4.74. The van der Waals surface area contributed by atoms with Crippen molar-refractivity contribution in [3.63, 3.8) is 0 Å². The number of para-hydroxylation sites is 1. The number of ether oxygens (including phenoxy) is 1. The van der Waals surface area contributed by atoms with Crippen molar-refractivity contribution in [2.24, 2.45) is 11.7 Å². The average Bonchev–Trinajstić information content (AvgIpc) is 2.44. The Labute approximate surface area is 127 Å². The van der Waals surface area contributed by atoms with Gasteiger partial charge >= 0.3 is 0 Å². The number of nitrogens with two attached hydrogens (primary N) is 1. The fraction of sp³-hybridized carbons (Fsp3) is 0.588. The van der Waals surface area contributed by atoms with Crippen molar-refractivity contribution in [3.05, 3.63) is 29.8 Å². The Bertz CT molecular complexity index is 473. The SMILES string of the molecule is CC(C)CN(CCC(=N)N)CC1CCOc2ccccc21. The maximum atomic E-state index is 7.44. The molecule has 3 N–H and O–H groups in total. The van der Waals surface area contributed by atoms with Crippen molar-refractivity contribution in [2.75, 3.05) is 26.2 Å². The summed E-state index contributed by atoms with van der Waals surface area (Å²) in [7, 11) is 0. The Morgan fingerprint density at radius 3 is 2.90 bits per heavy atom. The summed E-state index contributed by atoms with van der Waals surface area (Å²) in [5.41, 5.74) is 6.84. The molecule has 0 saturated heterocycles. The largest absolute Gasteiger partial charge is 0.493 e. The molecule has 1 aromatic rings. The zero-order chi connectivity index (χ0) is 15.2. The minimum absolute atomic E-state index is 0.274. The van der Waals surface area contributed by atoms with Gasteiger partial charge in [0, 0.05) is 32.0 Å². The first-order valence-electron chi connectivity index (χ1n) is 7.83. The quantitative estimate of drug-likeness (QED) is 0.599. The van der Waals surface area contributed by atoms with E-state index < -0.39 is 0 Å². The minimum Gasteiger partial charge on any atom is -0.493 e. The van der Waals surface area contributed by atoms with E-state index in [-0.39, 0.29) is 5.84 Å². The van der Waals surface area contributed by atoms with E-state index in [1.807, 2.05) is 6.07 Å². The second-order valence-electron chi connectivity index (χ2n) is 6.30. The normalized spacial score (nSPS) is 17.6. The highest BCUT2D eigenvalue weighted by Crippen LogP contribution is 2.33. The number of benzene rings is 1. The number of amidine groups is 1. The van der Waals surface area contributed by atoms with Crippen LogP contribution in [-0.2, 0) is 0 Å². The smallest absolute Gasteiger partial charge is 0.122 e. The molecule has 0 saturated carbocycles. The Morgan fingerprint density at radius 1 is 1.43 bits per heavy atom. The predicted molar refractivity (Wildman–Crippen MR) is 87.1 cm³/mol. The van der Waals surface area contributed by atoms with Crippen LogP contribution >= 0.6 is 0 Å². The number of hydrogen-bond donors (Lipinski definition) is 2. The van der Waals surface area contributed by atoms with Gasteiger partial charge in [-0.05, 0) is 24.0 Å². The fourth-order valence-corrected chi connectivity index (χ4v) is 2.97. The summed E-state index contributed by atoms with van der Waals surface area (Å²) >= 11 is 0. The van der Waals surface area contributed by atoms with Crippen LogP contribution in [0.25, 0.3) is 0 Å². The Balaban J connectivity index is 2.04. The van der Waals surface area contributed by atoms with Crippen LogP contribution in [0.15, 0.2) is 24.3 Å². The third-order valence-corrected chi connectivity index (χ3v) is 3.88. The van der Waals surface area contributed by atoms with E-state index in [4.69, 9.17) is 15.9 Å². The Morgan fingerprint density at radius 2 is 2.19 bits per heavy atom. The van der Waals surface area contributed by atoms with E-state index in [0.717, 1.165) is 38.4 Å². The molecular formula is C17H27N3O. The standard InChI is InChI=1S/C17H27N3O/c1-13(2)11-20(9-7-17(18)19)12-14-8-10-21-16-6-4-3-5-15(14)16/h3-6,13-14H,7-12H2,1-2H3,(H3,18,19). The molecule has 0 fully saturated rings. The van der Waals surface area contributed by atoms with E-state index in [0.29, 0.717) is 18.3 Å². The second kappa shape index (κ2) is 7.46. The van der Waals surface area contributed by atoms with Gasteiger partial charge in [-0.15, -0.1) is 0 Å². The van der Waals surface area contributed by atoms with Gasteiger partial charge in [0.1, 0.15) is 5.75 Å². The molecule has 1 unspecified atom stereocenters. The van der Waals surface area contributed by atoms with E-state index in [1.165, 1.54) is 5.56 Å². The molecule has 4 heteroatoms. The summed E-state index contributed by atoms with van der Waals surface area (Å²) in [5.74, 6) is 2.44. The van der Waals surface area contributed by atoms with E-state index in [1.54, 1.807) is 0 Å². The maximum absolute atomic E-state index is 7.44. The fourth-order valence-electron chi connectivity index (χ4n) is 2.97. The van der Waals surface area contributed by atoms with Crippen LogP contribution < -0.4 is 10.5 Å². The predicted octanol–water partition coefficient (Wildman–Crippen LogP) is 2.84. The van der Waals surface area contributed by atoms with Gasteiger partial charge in [-0.25, -0.2) is 0 Å². The van der Waals surface area contributed by atoms with Crippen LogP contribution in [0.5, 0.6) is 5.75 Å². The molecule has 0 radical (unpaired) electrons. The first-order valence-corrected chi connectivity index (χ1v) is 7.83. The highest BCUT2D eigenvalue weighted by Gasteiger charge is 2.23. The first-order chi connectivity index (χ1) is 10.1. The van der Waals surface area contributed by atoms with Gasteiger partial charge in [0.15, 0.2) is 0 Å². The van der Waals surface area contributed by atoms with Gasteiger partial charge in [-0.3, -0.25) is 5.41 Å². The summed E-state index contributed by atoms with van der Waals surface area (Å²) in [5, 5.41) is 7.44. The van der Waals surface area contributed by atoms with Crippen molar-refractivity contribution in [1.82, 2.24) is 4.90 Å². The molecule has 0 aromatic heterocycles. The van der Waals surface area contributed by atoms with Crippen LogP contribution in [0.3, 0.4) is 0 Å². The molecule has 2 rings (SSSR count). The van der Waals surface area contributed by atoms with Crippen molar-refractivity contribution in [2.45, 2.75) is 32.6 Å². The molecular weight excluding hydrogens is 262 g/mol. The van der Waals surface area contributed by atoms with Crippen LogP contribution in [-0.4, -0.2) is 37.0 Å². The molecule has 1 heterocycles. The highest BCUT2D eigenvalue weighted by molar-refractivity contribution is 5.76. The molecule has 1 aliphatic rings. The van der Waals surface area contributed by atoms with Gasteiger partial charge in [0.05, 0.1) is 12.4 Å². The van der Waals surface area contributed by atoms with Crippen LogP contribution in [0.4, 0.5) is 0 Å². The molecule has 1 aromatic carbocycles. The summed E-state index contributed by atoms with van der Waals surface area (Å²) in [6.45, 7) is 8.20. The minimum atomic E-state index is 0.274. The summed E-state index contributed by atoms with van der Waals surface area (Å²) in [6.07, 6.45) is 1.71. The number of fused-ring (bicyclic) bond motifs is 1. The lowest BCUT2D eigenvalue weighted by Crippen LogP contribution is -2.36. The molecule has 0 bridgehead atoms. The molecule has 0 spiro atoms. The van der Waals surface area contributed by atoms with Gasteiger partial charge < -0.3 is 15.4 Å². The lowest BCUT2D eigenvalue weighted by Gasteiger charge is -2.32. The van der Waals surface area contributed by atoms with E-state index in [9.17, 15) is 0 Å². The van der Waals surface area contributed by atoms with Gasteiger partial charge in [-0.2, -0.15) is 0 Å². The topological polar surface area (TPSA) is 62.3 Å². The summed E-state index contributed by atoms with van der Waals surface area (Å²) in [4.78, 5) is 2.44. The van der Waals surface area contributed by atoms with Crippen molar-refractivity contribution in [1.29, 1.82) is 5.41 Å². The summed E-state index contributed by atoms with van der Waals surface area (Å²) < 4.78 is 5.74. The first kappa shape index (κ1) is 15.8. The van der Waals surface area contributed by atoms with Crippen molar-refractivity contribution < 1.29 is 4.74 Å². The van der Waals surface area contributed by atoms with Crippen LogP contribution in [0.1, 0.15) is 38.2 Å². The second-order valence-corrected chi connectivity index (χ2v) is 6.30. The third-order valence-electron chi connectivity index (χ3n) is 3.88. The lowest BCUT2D eigenvalue weighted by molar-refractivity contribution is 0.200. The molecule has 4 nitrogen and oxygen atoms in total. The van der Waals surface area contributed by atoms with Gasteiger partial charge in [-0.1, -0.05) is 32.0 Å². The lowest BCUT2D eigenvalue weighted by atomic mass is 9.92. The highest BCUT2D eigenvalue weighted by atomic mass is 16.5. The van der Waals surface area contributed by atoms with Crippen molar-refractivity contribution in [3.8, 4) is 5.75 Å². The van der Waals surface area contributed by atoms with Gasteiger partial charge in [0.2, 0.25) is 0 Å².